The Hall–Kier alpha value is -0.160. The molecule has 3 unspecified atom stereocenters. The molecule has 84 valence electrons. The summed E-state index contributed by atoms with van der Waals surface area (Å²) in [6.45, 7) is 7.13. The number of aliphatic hydroxyl groups excluding tert-OH is 1. The van der Waals surface area contributed by atoms with Crippen molar-refractivity contribution in [3.05, 3.63) is 0 Å². The van der Waals surface area contributed by atoms with Gasteiger partial charge in [-0.2, -0.15) is 0 Å². The fourth-order valence-electron chi connectivity index (χ4n) is 1.68. The molecule has 4 heteroatoms. The number of morpholine rings is 1. The summed E-state index contributed by atoms with van der Waals surface area (Å²) in [6, 6.07) is 0.441. The lowest BCUT2D eigenvalue weighted by Crippen LogP contribution is -2.51. The predicted molar refractivity (Wildman–Crippen MR) is 56.1 cm³/mol. The Morgan fingerprint density at radius 3 is 2.93 bits per heavy atom. The molecule has 3 N–H and O–H groups in total. The van der Waals surface area contributed by atoms with Gasteiger partial charge in [-0.1, -0.05) is 0 Å². The summed E-state index contributed by atoms with van der Waals surface area (Å²) in [5.74, 6) is 0. The summed E-state index contributed by atoms with van der Waals surface area (Å²) in [5.41, 5.74) is 5.57. The van der Waals surface area contributed by atoms with E-state index in [2.05, 4.69) is 11.8 Å². The van der Waals surface area contributed by atoms with Crippen LogP contribution in [0.5, 0.6) is 0 Å². The van der Waals surface area contributed by atoms with Crippen LogP contribution in [0, 0.1) is 0 Å². The van der Waals surface area contributed by atoms with Crippen LogP contribution in [0.3, 0.4) is 0 Å². The van der Waals surface area contributed by atoms with Gasteiger partial charge in [0.25, 0.3) is 0 Å². The lowest BCUT2D eigenvalue weighted by atomic mass is 10.1. The molecule has 0 spiro atoms. The van der Waals surface area contributed by atoms with Crippen LogP contribution in [0.4, 0.5) is 0 Å². The second-order valence-corrected chi connectivity index (χ2v) is 4.17. The molecule has 0 aromatic rings. The van der Waals surface area contributed by atoms with E-state index in [1.807, 2.05) is 6.92 Å². The van der Waals surface area contributed by atoms with Gasteiger partial charge in [0.1, 0.15) is 0 Å². The second kappa shape index (κ2) is 5.66. The Bertz CT molecular complexity index is 164. The van der Waals surface area contributed by atoms with Gasteiger partial charge in [0.15, 0.2) is 0 Å². The average Bonchev–Trinajstić information content (AvgIpc) is 2.16. The Kier molecular flexibility index (Phi) is 4.81. The van der Waals surface area contributed by atoms with Gasteiger partial charge in [0.05, 0.1) is 18.8 Å². The van der Waals surface area contributed by atoms with Gasteiger partial charge in [-0.3, -0.25) is 4.90 Å². The van der Waals surface area contributed by atoms with E-state index in [4.69, 9.17) is 10.5 Å². The molecule has 1 heterocycles. The zero-order valence-corrected chi connectivity index (χ0v) is 9.15. The van der Waals surface area contributed by atoms with E-state index < -0.39 is 0 Å². The van der Waals surface area contributed by atoms with Crippen molar-refractivity contribution in [1.29, 1.82) is 0 Å². The fraction of sp³-hybridized carbons (Fsp3) is 1.00. The minimum absolute atomic E-state index is 0.167. The number of aliphatic hydroxyl groups is 1. The summed E-state index contributed by atoms with van der Waals surface area (Å²) in [7, 11) is 0. The number of hydrogen-bond acceptors (Lipinski definition) is 4. The largest absolute Gasteiger partial charge is 0.393 e. The number of nitrogens with zero attached hydrogens (tertiary/aromatic N) is 1. The van der Waals surface area contributed by atoms with E-state index in [1.54, 1.807) is 0 Å². The van der Waals surface area contributed by atoms with Crippen molar-refractivity contribution in [1.82, 2.24) is 4.90 Å². The molecular formula is C10H22N2O2. The second-order valence-electron chi connectivity index (χ2n) is 4.17. The van der Waals surface area contributed by atoms with Gasteiger partial charge in [-0.05, 0) is 20.3 Å². The van der Waals surface area contributed by atoms with Gasteiger partial charge >= 0.3 is 0 Å². The van der Waals surface area contributed by atoms with Crippen LogP contribution in [0.1, 0.15) is 20.3 Å². The summed E-state index contributed by atoms with van der Waals surface area (Å²) in [6.07, 6.45) is 0.767. The average molecular weight is 202 g/mol. The molecule has 0 aromatic heterocycles. The van der Waals surface area contributed by atoms with Crippen LogP contribution >= 0.6 is 0 Å². The van der Waals surface area contributed by atoms with Crippen molar-refractivity contribution in [2.45, 2.75) is 38.5 Å². The van der Waals surface area contributed by atoms with Crippen LogP contribution < -0.4 is 5.73 Å². The van der Waals surface area contributed by atoms with Crippen LogP contribution in [0.25, 0.3) is 0 Å². The zero-order valence-electron chi connectivity index (χ0n) is 9.15. The van der Waals surface area contributed by atoms with Crippen molar-refractivity contribution >= 4 is 0 Å². The van der Waals surface area contributed by atoms with Crippen LogP contribution in [-0.4, -0.2) is 54.5 Å². The quantitative estimate of drug-likeness (QED) is 0.663. The highest BCUT2D eigenvalue weighted by Crippen LogP contribution is 2.11. The molecule has 1 fully saturated rings. The minimum Gasteiger partial charge on any atom is -0.393 e. The first-order valence-corrected chi connectivity index (χ1v) is 5.37. The number of nitrogens with two attached hydrogens (primary N) is 1. The first kappa shape index (κ1) is 11.9. The fourth-order valence-corrected chi connectivity index (χ4v) is 1.68. The van der Waals surface area contributed by atoms with Gasteiger partial charge in [-0.25, -0.2) is 0 Å². The summed E-state index contributed by atoms with van der Waals surface area (Å²) in [5, 5.41) is 9.21. The highest BCUT2D eigenvalue weighted by molar-refractivity contribution is 4.78. The van der Waals surface area contributed by atoms with Crippen LogP contribution in [0.2, 0.25) is 0 Å². The highest BCUT2D eigenvalue weighted by atomic mass is 16.5. The molecule has 1 aliphatic rings. The maximum Gasteiger partial charge on any atom is 0.0824 e. The monoisotopic (exact) mass is 202 g/mol. The van der Waals surface area contributed by atoms with E-state index in [0.29, 0.717) is 12.6 Å². The van der Waals surface area contributed by atoms with Gasteiger partial charge in [0.2, 0.25) is 0 Å². The van der Waals surface area contributed by atoms with E-state index in [0.717, 1.165) is 26.1 Å². The lowest BCUT2D eigenvalue weighted by molar-refractivity contribution is -0.0562. The van der Waals surface area contributed by atoms with Crippen LogP contribution in [-0.2, 0) is 4.74 Å². The maximum atomic E-state index is 9.21. The smallest absolute Gasteiger partial charge is 0.0824 e. The molecule has 3 atom stereocenters. The molecule has 4 nitrogen and oxygen atoms in total. The Balaban J connectivity index is 2.32. The molecule has 0 amide bonds. The normalized spacial score (nSPS) is 31.7. The SMILES string of the molecule is CC(O)CCN1CC(CN)OCC1C. The van der Waals surface area contributed by atoms with E-state index >= 15 is 0 Å². The van der Waals surface area contributed by atoms with Gasteiger partial charge in [-0.15, -0.1) is 0 Å². The maximum absolute atomic E-state index is 9.21. The minimum atomic E-state index is -0.221. The lowest BCUT2D eigenvalue weighted by Gasteiger charge is -2.37. The number of rotatable bonds is 4. The van der Waals surface area contributed by atoms with E-state index in [9.17, 15) is 5.11 Å². The number of ether oxygens (including phenoxy) is 1. The molecule has 14 heavy (non-hydrogen) atoms. The van der Waals surface area contributed by atoms with Gasteiger partial charge in [0, 0.05) is 25.7 Å². The van der Waals surface area contributed by atoms with E-state index in [-0.39, 0.29) is 12.2 Å². The van der Waals surface area contributed by atoms with Crippen molar-refractivity contribution in [3.63, 3.8) is 0 Å². The summed E-state index contributed by atoms with van der Waals surface area (Å²) >= 11 is 0. The summed E-state index contributed by atoms with van der Waals surface area (Å²) < 4.78 is 5.55. The molecule has 1 saturated heterocycles. The Morgan fingerprint density at radius 2 is 2.36 bits per heavy atom. The molecule has 0 aliphatic carbocycles. The third-order valence-electron chi connectivity index (χ3n) is 2.73. The molecule has 0 bridgehead atoms. The van der Waals surface area contributed by atoms with Crippen molar-refractivity contribution < 1.29 is 9.84 Å². The third-order valence-corrected chi connectivity index (χ3v) is 2.73. The zero-order chi connectivity index (χ0) is 10.6. The first-order chi connectivity index (χ1) is 6.63. The molecular weight excluding hydrogens is 180 g/mol. The van der Waals surface area contributed by atoms with Crippen molar-refractivity contribution in [2.24, 2.45) is 5.73 Å². The molecule has 0 aromatic carbocycles. The highest BCUT2D eigenvalue weighted by Gasteiger charge is 2.24. The van der Waals surface area contributed by atoms with Crippen molar-refractivity contribution in [3.8, 4) is 0 Å². The molecule has 1 rings (SSSR count). The van der Waals surface area contributed by atoms with Crippen LogP contribution in [0.15, 0.2) is 0 Å². The predicted octanol–water partition coefficient (Wildman–Crippen LogP) is -0.195. The topological polar surface area (TPSA) is 58.7 Å². The first-order valence-electron chi connectivity index (χ1n) is 5.37. The molecule has 0 saturated carbocycles. The number of hydrogen-bond donors (Lipinski definition) is 2. The van der Waals surface area contributed by atoms with Crippen molar-refractivity contribution in [2.75, 3.05) is 26.2 Å². The Labute approximate surface area is 86.0 Å². The standard InChI is InChI=1S/C10H22N2O2/c1-8-7-14-10(5-11)6-12(8)4-3-9(2)13/h8-10,13H,3-7,11H2,1-2H3. The molecule has 0 radical (unpaired) electrons. The third kappa shape index (κ3) is 3.53. The molecule has 1 aliphatic heterocycles. The Morgan fingerprint density at radius 1 is 1.64 bits per heavy atom. The van der Waals surface area contributed by atoms with Gasteiger partial charge < -0.3 is 15.6 Å². The van der Waals surface area contributed by atoms with E-state index in [1.165, 1.54) is 0 Å². The summed E-state index contributed by atoms with van der Waals surface area (Å²) in [4.78, 5) is 2.34.